The second kappa shape index (κ2) is 4.05. The van der Waals surface area contributed by atoms with Crippen molar-refractivity contribution in [2.75, 3.05) is 5.73 Å². The summed E-state index contributed by atoms with van der Waals surface area (Å²) in [6.45, 7) is 1.83. The molecule has 2 N–H and O–H groups in total. The van der Waals surface area contributed by atoms with E-state index in [-0.39, 0.29) is 12.4 Å². The van der Waals surface area contributed by atoms with E-state index < -0.39 is 0 Å². The summed E-state index contributed by atoms with van der Waals surface area (Å²) in [5.41, 5.74) is 6.91. The van der Waals surface area contributed by atoms with Crippen LogP contribution in [0.3, 0.4) is 0 Å². The van der Waals surface area contributed by atoms with Crippen molar-refractivity contribution in [3.05, 3.63) is 27.7 Å². The molecule has 0 aliphatic rings. The van der Waals surface area contributed by atoms with Gasteiger partial charge in [0.15, 0.2) is 0 Å². The summed E-state index contributed by atoms with van der Waals surface area (Å²) in [5, 5.41) is 1.20. The van der Waals surface area contributed by atoms with Crippen LogP contribution in [0.5, 0.6) is 0 Å². The number of anilines is 1. The molecule has 1 aromatic rings. The molecule has 4 heteroatoms. The predicted octanol–water partition coefficient (Wildman–Crippen LogP) is 3.31. The number of nitrogens with two attached hydrogens (primary N) is 1. The molecule has 1 nitrogen and oxygen atoms in total. The van der Waals surface area contributed by atoms with Gasteiger partial charge >= 0.3 is 0 Å². The molecule has 0 bridgehead atoms. The predicted molar refractivity (Wildman–Crippen MR) is 52.9 cm³/mol. The van der Waals surface area contributed by atoms with Crippen LogP contribution in [0.25, 0.3) is 0 Å². The number of nitrogen functional groups attached to an aromatic ring is 1. The molecule has 0 unspecified atom stereocenters. The number of hydrogen-bond acceptors (Lipinski definition) is 1. The molecule has 0 heterocycles. The lowest BCUT2D eigenvalue weighted by Crippen LogP contribution is -1.88. The van der Waals surface area contributed by atoms with Crippen molar-refractivity contribution in [1.82, 2.24) is 0 Å². The lowest BCUT2D eigenvalue weighted by Gasteiger charge is -2.02. The van der Waals surface area contributed by atoms with Gasteiger partial charge in [0.1, 0.15) is 0 Å². The average Bonchev–Trinajstić information content (AvgIpc) is 1.93. The minimum atomic E-state index is 0. The van der Waals surface area contributed by atoms with Crippen LogP contribution in [0, 0.1) is 6.92 Å². The summed E-state index contributed by atoms with van der Waals surface area (Å²) >= 11 is 11.5. The van der Waals surface area contributed by atoms with Gasteiger partial charge in [-0.25, -0.2) is 0 Å². The monoisotopic (exact) mass is 211 g/mol. The highest BCUT2D eigenvalue weighted by Crippen LogP contribution is 2.28. The van der Waals surface area contributed by atoms with Crippen molar-refractivity contribution < 1.29 is 0 Å². The van der Waals surface area contributed by atoms with Crippen LogP contribution >= 0.6 is 35.6 Å². The van der Waals surface area contributed by atoms with Gasteiger partial charge in [0.2, 0.25) is 0 Å². The van der Waals surface area contributed by atoms with Crippen molar-refractivity contribution >= 4 is 41.3 Å². The summed E-state index contributed by atoms with van der Waals surface area (Å²) in [5.74, 6) is 0. The summed E-state index contributed by atoms with van der Waals surface area (Å²) in [6, 6.07) is 3.43. The Labute approximate surface area is 81.9 Å². The molecule has 0 aromatic heterocycles. The minimum absolute atomic E-state index is 0. The Kier molecular flexibility index (Phi) is 4.01. The number of hydrogen-bond donors (Lipinski definition) is 1. The molecule has 1 rings (SSSR count). The Morgan fingerprint density at radius 1 is 1.27 bits per heavy atom. The molecule has 0 radical (unpaired) electrons. The van der Waals surface area contributed by atoms with Crippen molar-refractivity contribution in [3.63, 3.8) is 0 Å². The molecule has 0 spiro atoms. The first-order valence-electron chi connectivity index (χ1n) is 2.83. The molecule has 0 atom stereocenters. The van der Waals surface area contributed by atoms with Crippen molar-refractivity contribution in [2.45, 2.75) is 6.92 Å². The van der Waals surface area contributed by atoms with Gasteiger partial charge < -0.3 is 5.73 Å². The molecular weight excluding hydrogens is 204 g/mol. The third kappa shape index (κ3) is 2.16. The van der Waals surface area contributed by atoms with Crippen LogP contribution in [0.1, 0.15) is 5.56 Å². The van der Waals surface area contributed by atoms with Crippen LogP contribution in [0.4, 0.5) is 5.69 Å². The molecule has 0 saturated carbocycles. The number of halogens is 3. The molecule has 0 aliphatic heterocycles. The normalized spacial score (nSPS) is 9.00. The van der Waals surface area contributed by atoms with Gasteiger partial charge in [-0.2, -0.15) is 0 Å². The average molecular weight is 213 g/mol. The zero-order valence-electron chi connectivity index (χ0n) is 5.90. The lowest BCUT2D eigenvalue weighted by atomic mass is 10.2. The Morgan fingerprint density at radius 3 is 2.27 bits per heavy atom. The van der Waals surface area contributed by atoms with Crippen LogP contribution in [-0.2, 0) is 0 Å². The van der Waals surface area contributed by atoms with E-state index >= 15 is 0 Å². The summed E-state index contributed by atoms with van der Waals surface area (Å²) in [4.78, 5) is 0. The van der Waals surface area contributed by atoms with Crippen LogP contribution in [0.2, 0.25) is 10.0 Å². The molecule has 0 fully saturated rings. The Bertz CT molecular complexity index is 233. The Morgan fingerprint density at radius 2 is 1.82 bits per heavy atom. The van der Waals surface area contributed by atoms with Gasteiger partial charge in [0.25, 0.3) is 0 Å². The van der Waals surface area contributed by atoms with E-state index in [2.05, 4.69) is 0 Å². The van der Waals surface area contributed by atoms with E-state index in [9.17, 15) is 0 Å². The Hall–Kier alpha value is -0.110. The van der Waals surface area contributed by atoms with Crippen molar-refractivity contribution in [3.8, 4) is 0 Å². The molecule has 62 valence electrons. The van der Waals surface area contributed by atoms with E-state index in [1.54, 1.807) is 12.1 Å². The van der Waals surface area contributed by atoms with Crippen LogP contribution in [-0.4, -0.2) is 0 Å². The molecule has 11 heavy (non-hydrogen) atoms. The van der Waals surface area contributed by atoms with Gasteiger partial charge in [-0.1, -0.05) is 23.2 Å². The second-order valence-electron chi connectivity index (χ2n) is 2.08. The fraction of sp³-hybridized carbons (Fsp3) is 0.143. The quantitative estimate of drug-likeness (QED) is 0.656. The SMILES string of the molecule is Cc1c(Cl)ccc(N)c1Cl.Cl. The first-order chi connectivity index (χ1) is 4.63. The molecule has 0 amide bonds. The summed E-state index contributed by atoms with van der Waals surface area (Å²) < 4.78 is 0. The van der Waals surface area contributed by atoms with E-state index in [4.69, 9.17) is 28.9 Å². The highest BCUT2D eigenvalue weighted by atomic mass is 35.5. The van der Waals surface area contributed by atoms with Gasteiger partial charge in [-0.05, 0) is 24.6 Å². The Balaban J connectivity index is 0.000001000. The largest absolute Gasteiger partial charge is 0.398 e. The lowest BCUT2D eigenvalue weighted by molar-refractivity contribution is 1.47. The first-order valence-corrected chi connectivity index (χ1v) is 3.58. The molecule has 0 aliphatic carbocycles. The third-order valence-corrected chi connectivity index (χ3v) is 2.26. The highest BCUT2D eigenvalue weighted by Gasteiger charge is 2.02. The molecule has 0 saturated heterocycles. The summed E-state index contributed by atoms with van der Waals surface area (Å²) in [6.07, 6.45) is 0. The van der Waals surface area contributed by atoms with Gasteiger partial charge in [-0.3, -0.25) is 0 Å². The van der Waals surface area contributed by atoms with E-state index in [0.29, 0.717) is 15.7 Å². The third-order valence-electron chi connectivity index (χ3n) is 1.35. The zero-order chi connectivity index (χ0) is 7.72. The fourth-order valence-corrected chi connectivity index (χ4v) is 1.05. The topological polar surface area (TPSA) is 26.0 Å². The van der Waals surface area contributed by atoms with E-state index in [1.165, 1.54) is 0 Å². The highest BCUT2D eigenvalue weighted by molar-refractivity contribution is 6.37. The van der Waals surface area contributed by atoms with Crippen molar-refractivity contribution in [2.24, 2.45) is 0 Å². The van der Waals surface area contributed by atoms with E-state index in [0.717, 1.165) is 5.56 Å². The first kappa shape index (κ1) is 10.9. The fourth-order valence-electron chi connectivity index (χ4n) is 0.682. The standard InChI is InChI=1S/C7H7Cl2N.ClH/c1-4-5(8)2-3-6(10)7(4)9;/h2-3H,10H2,1H3;1H. The van der Waals surface area contributed by atoms with Crippen LogP contribution in [0.15, 0.2) is 12.1 Å². The van der Waals surface area contributed by atoms with Crippen molar-refractivity contribution in [1.29, 1.82) is 0 Å². The van der Waals surface area contributed by atoms with E-state index in [1.807, 2.05) is 6.92 Å². The maximum Gasteiger partial charge on any atom is 0.0679 e. The van der Waals surface area contributed by atoms with Crippen LogP contribution < -0.4 is 5.73 Å². The smallest absolute Gasteiger partial charge is 0.0679 e. The summed E-state index contributed by atoms with van der Waals surface area (Å²) in [7, 11) is 0. The van der Waals surface area contributed by atoms with Gasteiger partial charge in [0, 0.05) is 5.02 Å². The molecule has 1 aromatic carbocycles. The van der Waals surface area contributed by atoms with Gasteiger partial charge in [0.05, 0.1) is 10.7 Å². The zero-order valence-corrected chi connectivity index (χ0v) is 8.22. The maximum absolute atomic E-state index is 5.77. The van der Waals surface area contributed by atoms with Gasteiger partial charge in [-0.15, -0.1) is 12.4 Å². The number of rotatable bonds is 0. The maximum atomic E-state index is 5.77. The minimum Gasteiger partial charge on any atom is -0.398 e. The number of benzene rings is 1. The second-order valence-corrected chi connectivity index (χ2v) is 2.86. The molecular formula is C7H8Cl3N.